The van der Waals surface area contributed by atoms with Crippen LogP contribution in [-0.4, -0.2) is 22.8 Å². The molecule has 1 fully saturated rings. The number of ether oxygens (including phenoxy) is 1. The zero-order chi connectivity index (χ0) is 21.5. The molecule has 1 aromatic carbocycles. The molecule has 8 heteroatoms. The highest BCUT2D eigenvalue weighted by atomic mass is 32.2. The second-order valence-electron chi connectivity index (χ2n) is 8.75. The monoisotopic (exact) mass is 438 g/mol. The number of alkyl halides is 3. The first-order chi connectivity index (χ1) is 14.1. The van der Waals surface area contributed by atoms with E-state index in [1.54, 1.807) is 0 Å². The molecule has 0 aliphatic carbocycles. The van der Waals surface area contributed by atoms with Gasteiger partial charge in [0.05, 0.1) is 15.9 Å². The van der Waals surface area contributed by atoms with E-state index in [0.29, 0.717) is 10.8 Å². The lowest BCUT2D eigenvalue weighted by atomic mass is 9.94. The summed E-state index contributed by atoms with van der Waals surface area (Å²) in [6.07, 6.45) is -1.26. The van der Waals surface area contributed by atoms with Crippen LogP contribution in [0.5, 0.6) is 0 Å². The molecule has 3 aromatic rings. The average molecular weight is 439 g/mol. The third-order valence-electron chi connectivity index (χ3n) is 5.26. The molecule has 0 amide bonds. The van der Waals surface area contributed by atoms with Crippen LogP contribution < -0.4 is 0 Å². The largest absolute Gasteiger partial charge is 0.459 e. The van der Waals surface area contributed by atoms with Crippen LogP contribution in [0.25, 0.3) is 11.0 Å². The quantitative estimate of drug-likeness (QED) is 0.465. The van der Waals surface area contributed by atoms with Crippen molar-refractivity contribution in [3.05, 3.63) is 42.1 Å². The minimum absolute atomic E-state index is 0.121. The Bertz CT molecular complexity index is 1030. The molecule has 4 rings (SSSR count). The van der Waals surface area contributed by atoms with Gasteiger partial charge in [-0.1, -0.05) is 32.5 Å². The molecule has 0 radical (unpaired) electrons. The molecule has 0 bridgehead atoms. The Balaban J connectivity index is 1.64. The first kappa shape index (κ1) is 21.3. The smallest absolute Gasteiger partial charge is 0.449 e. The molecule has 4 nitrogen and oxygen atoms in total. The van der Waals surface area contributed by atoms with E-state index in [-0.39, 0.29) is 5.41 Å². The topological polar surface area (TPSA) is 40.2 Å². The van der Waals surface area contributed by atoms with Crippen molar-refractivity contribution < 1.29 is 22.3 Å². The van der Waals surface area contributed by atoms with Gasteiger partial charge in [0.2, 0.25) is 5.76 Å². The third kappa shape index (κ3) is 4.54. The zero-order valence-electron chi connectivity index (χ0n) is 17.3. The first-order valence-corrected chi connectivity index (χ1v) is 10.8. The molecule has 1 aliphatic heterocycles. The maximum Gasteiger partial charge on any atom is 0.449 e. The van der Waals surface area contributed by atoms with Crippen LogP contribution in [0.3, 0.4) is 0 Å². The normalized spacial score (nSPS) is 16.5. The van der Waals surface area contributed by atoms with Gasteiger partial charge >= 0.3 is 6.18 Å². The van der Waals surface area contributed by atoms with Crippen molar-refractivity contribution in [2.75, 3.05) is 13.2 Å². The number of hydrogen-bond acceptors (Lipinski definition) is 4. The van der Waals surface area contributed by atoms with Gasteiger partial charge < -0.3 is 13.7 Å². The first-order valence-electron chi connectivity index (χ1n) is 10.0. The molecule has 1 aliphatic rings. The summed E-state index contributed by atoms with van der Waals surface area (Å²) in [7, 11) is 0. The van der Waals surface area contributed by atoms with E-state index in [4.69, 9.17) is 9.72 Å². The lowest BCUT2D eigenvalue weighted by Crippen LogP contribution is -2.25. The highest BCUT2D eigenvalue weighted by molar-refractivity contribution is 7.99. The Morgan fingerprint density at radius 1 is 1.10 bits per heavy atom. The van der Waals surface area contributed by atoms with Crippen LogP contribution in [0.1, 0.15) is 45.2 Å². The van der Waals surface area contributed by atoms with Gasteiger partial charge in [-0.2, -0.15) is 13.2 Å². The Kier molecular flexibility index (Phi) is 5.66. The zero-order valence-corrected chi connectivity index (χ0v) is 18.1. The number of hydrogen-bond donors (Lipinski definition) is 0. The van der Waals surface area contributed by atoms with Crippen molar-refractivity contribution in [1.29, 1.82) is 0 Å². The fraction of sp³-hybridized carbons (Fsp3) is 0.500. The summed E-state index contributed by atoms with van der Waals surface area (Å²) >= 11 is 1.24. The number of benzene rings is 1. The summed E-state index contributed by atoms with van der Waals surface area (Å²) in [6, 6.07) is 6.92. The number of halogens is 3. The lowest BCUT2D eigenvalue weighted by Gasteiger charge is -2.26. The summed E-state index contributed by atoms with van der Waals surface area (Å²) < 4.78 is 50.8. The molecular formula is C22H25F3N2O2S. The molecule has 0 saturated carbocycles. The van der Waals surface area contributed by atoms with Crippen LogP contribution >= 0.6 is 11.8 Å². The SMILES string of the molecule is CC(C)(C)c1nc2cc(Sc3coc(C(F)(F)F)c3)ccc2n1CC1CCOCC1. The number of furan rings is 1. The van der Waals surface area contributed by atoms with E-state index in [1.807, 2.05) is 18.2 Å². The molecule has 3 heterocycles. The molecule has 2 aromatic heterocycles. The van der Waals surface area contributed by atoms with Gasteiger partial charge in [0, 0.05) is 36.1 Å². The molecule has 0 spiro atoms. The highest BCUT2D eigenvalue weighted by Gasteiger charge is 2.35. The summed E-state index contributed by atoms with van der Waals surface area (Å²) in [5.41, 5.74) is 1.79. The fourth-order valence-corrected chi connectivity index (χ4v) is 4.62. The van der Waals surface area contributed by atoms with E-state index in [2.05, 4.69) is 29.8 Å². The Labute approximate surface area is 177 Å². The Morgan fingerprint density at radius 3 is 2.47 bits per heavy atom. The minimum Gasteiger partial charge on any atom is -0.459 e. The van der Waals surface area contributed by atoms with Gasteiger partial charge in [0.15, 0.2) is 0 Å². The van der Waals surface area contributed by atoms with Gasteiger partial charge in [-0.15, -0.1) is 0 Å². The molecule has 1 saturated heterocycles. The minimum atomic E-state index is -4.48. The van der Waals surface area contributed by atoms with E-state index >= 15 is 0 Å². The maximum absolute atomic E-state index is 12.8. The number of fused-ring (bicyclic) bond motifs is 1. The Morgan fingerprint density at radius 2 is 1.83 bits per heavy atom. The van der Waals surface area contributed by atoms with Gasteiger partial charge in [-0.3, -0.25) is 0 Å². The van der Waals surface area contributed by atoms with Gasteiger partial charge in [0.25, 0.3) is 0 Å². The fourth-order valence-electron chi connectivity index (χ4n) is 3.77. The van der Waals surface area contributed by atoms with Crippen molar-refractivity contribution in [2.24, 2.45) is 5.92 Å². The lowest BCUT2D eigenvalue weighted by molar-refractivity contribution is -0.153. The highest BCUT2D eigenvalue weighted by Crippen LogP contribution is 2.37. The van der Waals surface area contributed by atoms with E-state index < -0.39 is 11.9 Å². The molecule has 162 valence electrons. The van der Waals surface area contributed by atoms with Gasteiger partial charge in [0.1, 0.15) is 12.1 Å². The molecular weight excluding hydrogens is 413 g/mol. The number of nitrogens with zero attached hydrogens (tertiary/aromatic N) is 2. The number of rotatable bonds is 4. The van der Waals surface area contributed by atoms with Crippen molar-refractivity contribution in [2.45, 2.75) is 61.5 Å². The van der Waals surface area contributed by atoms with Crippen LogP contribution in [-0.2, 0) is 22.9 Å². The number of aromatic nitrogens is 2. The second kappa shape index (κ2) is 7.96. The van der Waals surface area contributed by atoms with Crippen LogP contribution in [0.2, 0.25) is 0 Å². The standard InChI is InChI=1S/C22H25F3N2O2S/c1-21(2,3)20-26-17-10-15(30-16-11-19(29-13-16)22(23,24)25)4-5-18(17)27(20)12-14-6-8-28-9-7-14/h4-5,10-11,13-14H,6-9,12H2,1-3H3. The van der Waals surface area contributed by atoms with Gasteiger partial charge in [-0.05, 0) is 37.0 Å². The van der Waals surface area contributed by atoms with Crippen LogP contribution in [0.15, 0.2) is 44.7 Å². The van der Waals surface area contributed by atoms with E-state index in [9.17, 15) is 13.2 Å². The van der Waals surface area contributed by atoms with Gasteiger partial charge in [-0.25, -0.2) is 4.98 Å². The molecule has 30 heavy (non-hydrogen) atoms. The van der Waals surface area contributed by atoms with E-state index in [0.717, 1.165) is 66.7 Å². The molecule has 0 atom stereocenters. The number of imidazole rings is 1. The summed E-state index contributed by atoms with van der Waals surface area (Å²) in [5, 5.41) is 0. The van der Waals surface area contributed by atoms with Crippen LogP contribution in [0, 0.1) is 5.92 Å². The average Bonchev–Trinajstić information content (AvgIpc) is 3.27. The Hall–Kier alpha value is -1.93. The van der Waals surface area contributed by atoms with Crippen molar-refractivity contribution in [3.8, 4) is 0 Å². The van der Waals surface area contributed by atoms with Crippen LogP contribution in [0.4, 0.5) is 13.2 Å². The van der Waals surface area contributed by atoms with Crippen molar-refractivity contribution >= 4 is 22.8 Å². The maximum atomic E-state index is 12.8. The van der Waals surface area contributed by atoms with Crippen molar-refractivity contribution in [3.63, 3.8) is 0 Å². The van der Waals surface area contributed by atoms with Crippen molar-refractivity contribution in [1.82, 2.24) is 9.55 Å². The second-order valence-corrected chi connectivity index (χ2v) is 9.90. The van der Waals surface area contributed by atoms with E-state index in [1.165, 1.54) is 11.8 Å². The summed E-state index contributed by atoms with van der Waals surface area (Å²) in [5.74, 6) is 0.591. The molecule has 0 N–H and O–H groups in total. The molecule has 0 unspecified atom stereocenters. The summed E-state index contributed by atoms with van der Waals surface area (Å²) in [4.78, 5) is 6.15. The predicted molar refractivity (Wildman–Crippen MR) is 110 cm³/mol. The predicted octanol–water partition coefficient (Wildman–Crippen LogP) is 6.52. The third-order valence-corrected chi connectivity index (χ3v) is 6.20. The summed E-state index contributed by atoms with van der Waals surface area (Å²) in [6.45, 7) is 8.94.